The summed E-state index contributed by atoms with van der Waals surface area (Å²) in [4.78, 5) is 24.3. The molecule has 0 aliphatic rings. The molecule has 7 nitrogen and oxygen atoms in total. The van der Waals surface area contributed by atoms with Crippen LogP contribution in [0.5, 0.6) is 0 Å². The first-order valence-corrected chi connectivity index (χ1v) is 9.21. The predicted octanol–water partition coefficient (Wildman–Crippen LogP) is 2.11. The molecule has 27 heavy (non-hydrogen) atoms. The van der Waals surface area contributed by atoms with E-state index in [2.05, 4.69) is 0 Å². The van der Waals surface area contributed by atoms with Crippen LogP contribution >= 0.6 is 11.6 Å². The molecule has 0 amide bonds. The lowest BCUT2D eigenvalue weighted by atomic mass is 10.2. The molecule has 0 saturated heterocycles. The van der Waals surface area contributed by atoms with Gasteiger partial charge in [-0.15, -0.1) is 0 Å². The molecule has 0 unspecified atom stereocenters. The predicted molar refractivity (Wildman–Crippen MR) is 90.3 cm³/mol. The third-order valence-corrected chi connectivity index (χ3v) is 5.14. The second-order valence-electron chi connectivity index (χ2n) is 5.33. The van der Waals surface area contributed by atoms with Gasteiger partial charge in [-0.25, -0.2) is 22.2 Å². The Morgan fingerprint density at radius 1 is 1.19 bits per heavy atom. The van der Waals surface area contributed by atoms with Gasteiger partial charge in [0.15, 0.2) is 0 Å². The fraction of sp³-hybridized carbons (Fsp3) is 0.286. The highest BCUT2D eigenvalue weighted by Crippen LogP contribution is 2.29. The minimum Gasteiger partial charge on any atom is -0.292 e. The Kier molecular flexibility index (Phi) is 5.44. The molecular formula is C14H12ClF4N3O4S. The number of benzene rings is 1. The highest BCUT2D eigenvalue weighted by molar-refractivity contribution is 7.92. The van der Waals surface area contributed by atoms with E-state index >= 15 is 0 Å². The summed E-state index contributed by atoms with van der Waals surface area (Å²) in [5.74, 6) is -1.56. The van der Waals surface area contributed by atoms with E-state index in [-0.39, 0.29) is 31.7 Å². The van der Waals surface area contributed by atoms with Gasteiger partial charge in [0.05, 0.1) is 22.2 Å². The third kappa shape index (κ3) is 4.16. The molecule has 0 aliphatic carbocycles. The molecule has 1 aromatic carbocycles. The van der Waals surface area contributed by atoms with Gasteiger partial charge >= 0.3 is 11.9 Å². The van der Waals surface area contributed by atoms with E-state index in [1.54, 1.807) is 0 Å². The van der Waals surface area contributed by atoms with Gasteiger partial charge < -0.3 is 0 Å². The van der Waals surface area contributed by atoms with E-state index in [4.69, 9.17) is 11.6 Å². The number of halogens is 5. The number of sulfonamides is 1. The third-order valence-electron chi connectivity index (χ3n) is 3.53. The van der Waals surface area contributed by atoms with Crippen LogP contribution in [-0.4, -0.2) is 23.3 Å². The van der Waals surface area contributed by atoms with Crippen molar-refractivity contribution in [3.63, 3.8) is 0 Å². The van der Waals surface area contributed by atoms with E-state index in [0.29, 0.717) is 6.07 Å². The molecule has 0 radical (unpaired) electrons. The Hall–Kier alpha value is -2.34. The molecule has 0 spiro atoms. The highest BCUT2D eigenvalue weighted by Gasteiger charge is 2.35. The molecule has 2 rings (SSSR count). The average Bonchev–Trinajstić information content (AvgIpc) is 2.53. The molecule has 0 saturated carbocycles. The highest BCUT2D eigenvalue weighted by atomic mass is 35.5. The molecule has 0 atom stereocenters. The molecule has 1 N–H and O–H groups in total. The molecule has 13 heteroatoms. The molecule has 0 bridgehead atoms. The zero-order valence-corrected chi connectivity index (χ0v) is 15.3. The van der Waals surface area contributed by atoms with Gasteiger partial charge in [0, 0.05) is 13.1 Å². The lowest BCUT2D eigenvalue weighted by Gasteiger charge is -2.15. The summed E-state index contributed by atoms with van der Waals surface area (Å²) in [6, 6.07) is 1.51. The summed E-state index contributed by atoms with van der Waals surface area (Å²) < 4.78 is 78.6. The first-order valence-electron chi connectivity index (χ1n) is 7.18. The monoisotopic (exact) mass is 429 g/mol. The quantitative estimate of drug-likeness (QED) is 0.754. The molecule has 0 aliphatic heterocycles. The maximum absolute atomic E-state index is 14.3. The number of hydrogen-bond donors (Lipinski definition) is 1. The van der Waals surface area contributed by atoms with Gasteiger partial charge in [0.25, 0.3) is 5.56 Å². The number of alkyl halides is 3. The molecule has 2 aromatic rings. The van der Waals surface area contributed by atoms with Crippen molar-refractivity contribution in [1.82, 2.24) is 9.13 Å². The first-order chi connectivity index (χ1) is 12.3. The van der Waals surface area contributed by atoms with Crippen molar-refractivity contribution in [3.8, 4) is 5.69 Å². The van der Waals surface area contributed by atoms with Crippen LogP contribution in [0.1, 0.15) is 12.6 Å². The Balaban J connectivity index is 2.78. The van der Waals surface area contributed by atoms with Crippen molar-refractivity contribution in [1.29, 1.82) is 0 Å². The Morgan fingerprint density at radius 3 is 2.30 bits per heavy atom. The van der Waals surface area contributed by atoms with Crippen molar-refractivity contribution >= 4 is 27.3 Å². The van der Waals surface area contributed by atoms with Crippen molar-refractivity contribution in [3.05, 3.63) is 55.6 Å². The van der Waals surface area contributed by atoms with Crippen LogP contribution < -0.4 is 16.0 Å². The molecule has 0 fully saturated rings. The molecule has 148 valence electrons. The molecular weight excluding hydrogens is 418 g/mol. The van der Waals surface area contributed by atoms with Gasteiger partial charge in [-0.05, 0) is 19.1 Å². The second kappa shape index (κ2) is 7.00. The zero-order valence-electron chi connectivity index (χ0n) is 13.8. The van der Waals surface area contributed by atoms with Crippen molar-refractivity contribution in [2.24, 2.45) is 7.05 Å². The second-order valence-corrected chi connectivity index (χ2v) is 7.75. The van der Waals surface area contributed by atoms with Crippen LogP contribution in [0.25, 0.3) is 5.69 Å². The van der Waals surface area contributed by atoms with Gasteiger partial charge in [0.1, 0.15) is 11.5 Å². The van der Waals surface area contributed by atoms with Gasteiger partial charge in [-0.1, -0.05) is 11.6 Å². The number of nitrogens with zero attached hydrogens (tertiary/aromatic N) is 2. The summed E-state index contributed by atoms with van der Waals surface area (Å²) in [6.07, 6.45) is -4.98. The van der Waals surface area contributed by atoms with Gasteiger partial charge in [0.2, 0.25) is 10.0 Å². The van der Waals surface area contributed by atoms with Gasteiger partial charge in [-0.3, -0.25) is 14.1 Å². The van der Waals surface area contributed by atoms with Crippen LogP contribution in [-0.2, 0) is 23.2 Å². The normalized spacial score (nSPS) is 12.3. The van der Waals surface area contributed by atoms with Crippen molar-refractivity contribution in [2.45, 2.75) is 13.1 Å². The van der Waals surface area contributed by atoms with E-state index in [1.165, 1.54) is 6.92 Å². The van der Waals surface area contributed by atoms with Crippen LogP contribution in [0.2, 0.25) is 5.02 Å². The number of nitrogens with one attached hydrogen (secondary N) is 1. The van der Waals surface area contributed by atoms with Crippen LogP contribution in [0.3, 0.4) is 0 Å². The minimum atomic E-state index is -4.98. The zero-order chi connectivity index (χ0) is 20.7. The van der Waals surface area contributed by atoms with Crippen molar-refractivity contribution in [2.75, 3.05) is 10.5 Å². The molecule has 1 aromatic heterocycles. The number of rotatable bonds is 4. The van der Waals surface area contributed by atoms with Crippen LogP contribution in [0, 0.1) is 5.82 Å². The Bertz CT molecular complexity index is 1120. The minimum absolute atomic E-state index is 0.130. The van der Waals surface area contributed by atoms with Crippen LogP contribution in [0.15, 0.2) is 27.8 Å². The topological polar surface area (TPSA) is 90.2 Å². The fourth-order valence-electron chi connectivity index (χ4n) is 2.15. The smallest absolute Gasteiger partial charge is 0.292 e. The summed E-state index contributed by atoms with van der Waals surface area (Å²) >= 11 is 5.76. The first kappa shape index (κ1) is 21.0. The van der Waals surface area contributed by atoms with Crippen molar-refractivity contribution < 1.29 is 26.0 Å². The summed E-state index contributed by atoms with van der Waals surface area (Å²) in [7, 11) is -3.08. The number of hydrogen-bond acceptors (Lipinski definition) is 4. The average molecular weight is 430 g/mol. The fourth-order valence-corrected chi connectivity index (χ4v) is 3.05. The lowest BCUT2D eigenvalue weighted by Crippen LogP contribution is -2.41. The summed E-state index contributed by atoms with van der Waals surface area (Å²) in [5, 5.41) is -0.370. The number of aromatic nitrogens is 2. The van der Waals surface area contributed by atoms with E-state index in [1.807, 2.05) is 4.72 Å². The largest absolute Gasteiger partial charge is 0.431 e. The Morgan fingerprint density at radius 2 is 1.78 bits per heavy atom. The maximum atomic E-state index is 14.3. The van der Waals surface area contributed by atoms with Crippen LogP contribution in [0.4, 0.5) is 23.2 Å². The van der Waals surface area contributed by atoms with E-state index in [0.717, 1.165) is 13.1 Å². The summed E-state index contributed by atoms with van der Waals surface area (Å²) in [5.41, 5.74) is -5.54. The standard InChI is InChI=1S/C14H12ClF4N3O4S/c1-3-27(25,26)20-9-5-10(8(16)4-7(9)15)22-12(23)6-11(14(17,18)19)21(2)13(22)24/h4-6,20H,3H2,1-2H3. The maximum Gasteiger partial charge on any atom is 0.431 e. The number of anilines is 1. The van der Waals surface area contributed by atoms with E-state index in [9.17, 15) is 35.6 Å². The summed E-state index contributed by atoms with van der Waals surface area (Å²) in [6.45, 7) is 1.32. The SMILES string of the molecule is CCS(=O)(=O)Nc1cc(-n2c(=O)cc(C(F)(F)F)n(C)c2=O)c(F)cc1Cl. The molecule has 1 heterocycles. The lowest BCUT2D eigenvalue weighted by molar-refractivity contribution is -0.144. The Labute approximate surface area is 154 Å². The van der Waals surface area contributed by atoms with E-state index < -0.39 is 44.6 Å². The van der Waals surface area contributed by atoms with Gasteiger partial charge in [-0.2, -0.15) is 13.2 Å².